The van der Waals surface area contributed by atoms with Gasteiger partial charge in [0.2, 0.25) is 0 Å². The van der Waals surface area contributed by atoms with Crippen molar-refractivity contribution in [3.8, 4) is 11.5 Å². The van der Waals surface area contributed by atoms with Crippen molar-refractivity contribution in [1.29, 1.82) is 0 Å². The minimum absolute atomic E-state index is 0.357. The van der Waals surface area contributed by atoms with Gasteiger partial charge in [0.1, 0.15) is 11.5 Å². The number of fused-ring (bicyclic) bond motifs is 1. The number of rotatable bonds is 6. The Labute approximate surface area is 128 Å². The molecule has 0 saturated carbocycles. The highest BCUT2D eigenvalue weighted by Crippen LogP contribution is 2.42. The van der Waals surface area contributed by atoms with E-state index in [1.165, 1.54) is 16.7 Å². The third-order valence-electron chi connectivity index (χ3n) is 4.42. The number of nitrogens with zero attached hydrogens (tertiary/aromatic N) is 1. The number of hydrogen-bond acceptors (Lipinski definition) is 4. The molecule has 0 aliphatic carbocycles. The van der Waals surface area contributed by atoms with Gasteiger partial charge in [-0.1, -0.05) is 6.92 Å². The van der Waals surface area contributed by atoms with E-state index in [0.717, 1.165) is 44.0 Å². The van der Waals surface area contributed by atoms with Crippen LogP contribution in [0.1, 0.15) is 43.0 Å². The molecule has 0 spiro atoms. The minimum atomic E-state index is 0.357. The third kappa shape index (κ3) is 3.16. The van der Waals surface area contributed by atoms with Crippen molar-refractivity contribution in [3.63, 3.8) is 0 Å². The summed E-state index contributed by atoms with van der Waals surface area (Å²) in [6, 6.07) is 2.49. The largest absolute Gasteiger partial charge is 0.496 e. The summed E-state index contributed by atoms with van der Waals surface area (Å²) in [5.41, 5.74) is 3.79. The van der Waals surface area contributed by atoms with Gasteiger partial charge in [-0.2, -0.15) is 0 Å². The molecule has 2 rings (SSSR count). The van der Waals surface area contributed by atoms with Gasteiger partial charge >= 0.3 is 0 Å². The first-order chi connectivity index (χ1) is 10.1. The first-order valence-corrected chi connectivity index (χ1v) is 7.81. The van der Waals surface area contributed by atoms with Gasteiger partial charge in [0.05, 0.1) is 14.2 Å². The Morgan fingerprint density at radius 2 is 2.10 bits per heavy atom. The summed E-state index contributed by atoms with van der Waals surface area (Å²) >= 11 is 0. The number of methoxy groups -OCH3 is 2. The SMILES string of the molecule is CCCNCc1cc(OC)c2c(c1OC)CCN(C)C2C. The van der Waals surface area contributed by atoms with Gasteiger partial charge in [0, 0.05) is 35.8 Å². The van der Waals surface area contributed by atoms with E-state index in [4.69, 9.17) is 9.47 Å². The predicted octanol–water partition coefficient (Wildman–Crippen LogP) is 2.75. The molecule has 1 aromatic carbocycles. The summed E-state index contributed by atoms with van der Waals surface area (Å²) in [5, 5.41) is 3.46. The Balaban J connectivity index is 2.45. The van der Waals surface area contributed by atoms with Crippen LogP contribution in [0.3, 0.4) is 0 Å². The second-order valence-electron chi connectivity index (χ2n) is 5.75. The Morgan fingerprint density at radius 3 is 2.71 bits per heavy atom. The quantitative estimate of drug-likeness (QED) is 0.818. The van der Waals surface area contributed by atoms with E-state index < -0.39 is 0 Å². The van der Waals surface area contributed by atoms with Gasteiger partial charge in [-0.25, -0.2) is 0 Å². The van der Waals surface area contributed by atoms with Crippen LogP contribution in [0.25, 0.3) is 0 Å². The van der Waals surface area contributed by atoms with Crippen LogP contribution in [-0.2, 0) is 13.0 Å². The molecule has 1 atom stereocenters. The molecule has 1 aromatic rings. The number of ether oxygens (including phenoxy) is 2. The van der Waals surface area contributed by atoms with Gasteiger partial charge < -0.3 is 14.8 Å². The van der Waals surface area contributed by atoms with Crippen LogP contribution in [-0.4, -0.2) is 39.3 Å². The number of hydrogen-bond donors (Lipinski definition) is 1. The number of benzene rings is 1. The molecule has 0 saturated heterocycles. The number of likely N-dealkylation sites (N-methyl/N-ethyl adjacent to an activating group) is 1. The maximum Gasteiger partial charge on any atom is 0.127 e. The molecule has 1 aliphatic heterocycles. The smallest absolute Gasteiger partial charge is 0.127 e. The van der Waals surface area contributed by atoms with Crippen molar-refractivity contribution in [2.45, 2.75) is 39.3 Å². The zero-order valence-corrected chi connectivity index (χ0v) is 14.0. The van der Waals surface area contributed by atoms with Crippen LogP contribution in [0.4, 0.5) is 0 Å². The van der Waals surface area contributed by atoms with Gasteiger partial charge in [-0.15, -0.1) is 0 Å². The molecule has 4 heteroatoms. The standard InChI is InChI=1S/C17H28N2O2/c1-6-8-18-11-13-10-15(20-4)16-12(2)19(3)9-7-14(16)17(13)21-5/h10,12,18H,6-9,11H2,1-5H3. The van der Waals surface area contributed by atoms with Gasteiger partial charge in [-0.3, -0.25) is 4.90 Å². The van der Waals surface area contributed by atoms with E-state index in [0.29, 0.717) is 6.04 Å². The molecule has 1 unspecified atom stereocenters. The van der Waals surface area contributed by atoms with E-state index in [9.17, 15) is 0 Å². The van der Waals surface area contributed by atoms with Crippen LogP contribution in [0.5, 0.6) is 11.5 Å². The van der Waals surface area contributed by atoms with Crippen LogP contribution >= 0.6 is 0 Å². The Kier molecular flexibility index (Phi) is 5.48. The molecular formula is C17H28N2O2. The molecule has 1 heterocycles. The normalized spacial score (nSPS) is 18.4. The summed E-state index contributed by atoms with van der Waals surface area (Å²) in [6.07, 6.45) is 2.14. The zero-order valence-electron chi connectivity index (χ0n) is 14.0. The molecule has 0 amide bonds. The fourth-order valence-corrected chi connectivity index (χ4v) is 3.13. The van der Waals surface area contributed by atoms with Gasteiger partial charge in [-0.05, 0) is 39.4 Å². The Morgan fingerprint density at radius 1 is 1.33 bits per heavy atom. The first kappa shape index (κ1) is 16.1. The van der Waals surface area contributed by atoms with E-state index in [1.54, 1.807) is 14.2 Å². The maximum absolute atomic E-state index is 5.74. The highest BCUT2D eigenvalue weighted by atomic mass is 16.5. The highest BCUT2D eigenvalue weighted by Gasteiger charge is 2.29. The monoisotopic (exact) mass is 292 g/mol. The lowest BCUT2D eigenvalue weighted by molar-refractivity contribution is 0.236. The van der Waals surface area contributed by atoms with Crippen molar-refractivity contribution in [2.75, 3.05) is 34.4 Å². The molecule has 21 heavy (non-hydrogen) atoms. The summed E-state index contributed by atoms with van der Waals surface area (Å²) in [6.45, 7) is 7.30. The molecular weight excluding hydrogens is 264 g/mol. The third-order valence-corrected chi connectivity index (χ3v) is 4.42. The molecule has 0 radical (unpaired) electrons. The summed E-state index contributed by atoms with van der Waals surface area (Å²) < 4.78 is 11.4. The van der Waals surface area contributed by atoms with Crippen molar-refractivity contribution < 1.29 is 9.47 Å². The Bertz CT molecular complexity index is 488. The van der Waals surface area contributed by atoms with Crippen LogP contribution in [0.2, 0.25) is 0 Å². The Hall–Kier alpha value is -1.26. The lowest BCUT2D eigenvalue weighted by atomic mass is 9.90. The van der Waals surface area contributed by atoms with E-state index in [-0.39, 0.29) is 0 Å². The molecule has 0 aromatic heterocycles. The molecule has 0 bridgehead atoms. The summed E-state index contributed by atoms with van der Waals surface area (Å²) in [4.78, 5) is 2.36. The van der Waals surface area contributed by atoms with Crippen molar-refractivity contribution >= 4 is 0 Å². The van der Waals surface area contributed by atoms with E-state index in [1.807, 2.05) is 0 Å². The fraction of sp³-hybridized carbons (Fsp3) is 0.647. The topological polar surface area (TPSA) is 33.7 Å². The van der Waals surface area contributed by atoms with Crippen molar-refractivity contribution in [1.82, 2.24) is 10.2 Å². The van der Waals surface area contributed by atoms with Gasteiger partial charge in [0.15, 0.2) is 0 Å². The van der Waals surface area contributed by atoms with Crippen LogP contribution in [0.15, 0.2) is 6.07 Å². The predicted molar refractivity (Wildman–Crippen MR) is 86.3 cm³/mol. The van der Waals surface area contributed by atoms with Gasteiger partial charge in [0.25, 0.3) is 0 Å². The lowest BCUT2D eigenvalue weighted by Gasteiger charge is -2.34. The minimum Gasteiger partial charge on any atom is -0.496 e. The first-order valence-electron chi connectivity index (χ1n) is 7.81. The van der Waals surface area contributed by atoms with Crippen LogP contribution in [0, 0.1) is 0 Å². The molecule has 1 N–H and O–H groups in total. The molecule has 4 nitrogen and oxygen atoms in total. The summed E-state index contributed by atoms with van der Waals surface area (Å²) in [7, 11) is 5.69. The van der Waals surface area contributed by atoms with Crippen molar-refractivity contribution in [3.05, 3.63) is 22.8 Å². The zero-order chi connectivity index (χ0) is 15.4. The van der Waals surface area contributed by atoms with Crippen molar-refractivity contribution in [2.24, 2.45) is 0 Å². The van der Waals surface area contributed by atoms with Crippen LogP contribution < -0.4 is 14.8 Å². The second-order valence-corrected chi connectivity index (χ2v) is 5.75. The highest BCUT2D eigenvalue weighted by molar-refractivity contribution is 5.56. The van der Waals surface area contributed by atoms with E-state index in [2.05, 4.69) is 37.2 Å². The molecule has 1 aliphatic rings. The van der Waals surface area contributed by atoms with E-state index >= 15 is 0 Å². The molecule has 0 fully saturated rings. The fourth-order valence-electron chi connectivity index (χ4n) is 3.13. The summed E-state index contributed by atoms with van der Waals surface area (Å²) in [5.74, 6) is 2.02. The second kappa shape index (κ2) is 7.14. The lowest BCUT2D eigenvalue weighted by Crippen LogP contribution is -2.31. The molecule has 118 valence electrons. The average Bonchev–Trinajstić information content (AvgIpc) is 2.50. The maximum atomic E-state index is 5.74. The number of nitrogens with one attached hydrogen (secondary N) is 1. The average molecular weight is 292 g/mol.